The Bertz CT molecular complexity index is 1080. The van der Waals surface area contributed by atoms with E-state index in [1.165, 1.54) is 31.4 Å². The van der Waals surface area contributed by atoms with Gasteiger partial charge in [0, 0.05) is 11.6 Å². The average molecular weight is 413 g/mol. The zero-order valence-corrected chi connectivity index (χ0v) is 15.7. The van der Waals surface area contributed by atoms with Gasteiger partial charge in [0.1, 0.15) is 23.8 Å². The molecule has 2 aliphatic rings. The van der Waals surface area contributed by atoms with Gasteiger partial charge in [-0.2, -0.15) is 0 Å². The van der Waals surface area contributed by atoms with Gasteiger partial charge in [0.25, 0.3) is 5.91 Å². The van der Waals surface area contributed by atoms with Crippen LogP contribution in [0.1, 0.15) is 5.56 Å². The fraction of sp³-hybridized carbons (Fsp3) is 0.150. The number of nitrogens with one attached hydrogen (secondary N) is 2. The van der Waals surface area contributed by atoms with E-state index in [0.29, 0.717) is 22.8 Å². The Labute approximate surface area is 170 Å². The number of methoxy groups -OCH3 is 1. The molecule has 0 atom stereocenters. The summed E-state index contributed by atoms with van der Waals surface area (Å²) in [6.07, 6.45) is 1.41. The van der Waals surface area contributed by atoms with Crippen LogP contribution < -0.4 is 24.8 Å². The molecule has 4 amide bonds. The maximum absolute atomic E-state index is 13.7. The zero-order valence-electron chi connectivity index (χ0n) is 15.7. The SMILES string of the molecule is COc1cc2c(cc1C=C1NC(=O)N(CC(=O)Nc3ccccc3F)C1=O)OCO2. The van der Waals surface area contributed by atoms with Crippen molar-refractivity contribution in [1.29, 1.82) is 0 Å². The second-order valence-electron chi connectivity index (χ2n) is 6.35. The highest BCUT2D eigenvalue weighted by molar-refractivity contribution is 6.16. The van der Waals surface area contributed by atoms with Gasteiger partial charge in [0.15, 0.2) is 11.5 Å². The van der Waals surface area contributed by atoms with Crippen LogP contribution in [0.15, 0.2) is 42.1 Å². The van der Waals surface area contributed by atoms with E-state index in [1.807, 2.05) is 0 Å². The highest BCUT2D eigenvalue weighted by Gasteiger charge is 2.35. The van der Waals surface area contributed by atoms with Crippen molar-refractivity contribution in [2.24, 2.45) is 0 Å². The molecule has 2 heterocycles. The number of carbonyl (C=O) groups is 3. The lowest BCUT2D eigenvalue weighted by Gasteiger charge is -2.12. The first-order valence-electron chi connectivity index (χ1n) is 8.83. The third-order valence-electron chi connectivity index (χ3n) is 4.44. The summed E-state index contributed by atoms with van der Waals surface area (Å²) >= 11 is 0. The summed E-state index contributed by atoms with van der Waals surface area (Å²) in [5.74, 6) is -0.667. The lowest BCUT2D eigenvalue weighted by Crippen LogP contribution is -2.38. The number of anilines is 1. The van der Waals surface area contributed by atoms with Crippen molar-refractivity contribution in [2.75, 3.05) is 25.8 Å². The largest absolute Gasteiger partial charge is 0.496 e. The standard InChI is InChI=1S/C20H16FN3O6/c1-28-15-8-17-16(29-10-30-17)7-11(15)6-14-19(26)24(20(27)23-14)9-18(25)22-13-5-3-2-4-12(13)21/h2-8H,9-10H2,1H3,(H,22,25)(H,23,27). The van der Waals surface area contributed by atoms with Gasteiger partial charge < -0.3 is 24.8 Å². The summed E-state index contributed by atoms with van der Waals surface area (Å²) in [7, 11) is 1.45. The highest BCUT2D eigenvalue weighted by Crippen LogP contribution is 2.39. The first-order chi connectivity index (χ1) is 14.5. The quantitative estimate of drug-likeness (QED) is 0.574. The van der Waals surface area contributed by atoms with Gasteiger partial charge in [-0.1, -0.05) is 12.1 Å². The molecule has 2 N–H and O–H groups in total. The van der Waals surface area contributed by atoms with Crippen molar-refractivity contribution in [3.8, 4) is 17.2 Å². The van der Waals surface area contributed by atoms with Gasteiger partial charge in [-0.05, 0) is 24.3 Å². The lowest BCUT2D eigenvalue weighted by molar-refractivity contribution is -0.127. The lowest BCUT2D eigenvalue weighted by atomic mass is 10.1. The van der Waals surface area contributed by atoms with E-state index in [9.17, 15) is 18.8 Å². The molecule has 0 saturated carbocycles. The molecule has 0 aromatic heterocycles. The molecule has 0 spiro atoms. The van der Waals surface area contributed by atoms with Crippen LogP contribution in [0, 0.1) is 5.82 Å². The van der Waals surface area contributed by atoms with E-state index in [2.05, 4.69) is 10.6 Å². The Hall–Kier alpha value is -4.08. The minimum absolute atomic E-state index is 0.0455. The van der Waals surface area contributed by atoms with Crippen LogP contribution in [0.3, 0.4) is 0 Å². The number of rotatable bonds is 5. The van der Waals surface area contributed by atoms with Gasteiger partial charge >= 0.3 is 6.03 Å². The number of halogens is 1. The second kappa shape index (κ2) is 7.74. The van der Waals surface area contributed by atoms with Crippen molar-refractivity contribution in [3.05, 3.63) is 53.5 Å². The number of urea groups is 1. The Morgan fingerprint density at radius 1 is 1.27 bits per heavy atom. The Kier molecular flexibility index (Phi) is 4.97. The number of nitrogens with zero attached hydrogens (tertiary/aromatic N) is 1. The van der Waals surface area contributed by atoms with Gasteiger partial charge in [-0.25, -0.2) is 14.1 Å². The number of fused-ring (bicyclic) bond motifs is 1. The molecule has 0 aliphatic carbocycles. The predicted octanol–water partition coefficient (Wildman–Crippen LogP) is 2.09. The topological polar surface area (TPSA) is 106 Å². The predicted molar refractivity (Wildman–Crippen MR) is 102 cm³/mol. The fourth-order valence-corrected chi connectivity index (χ4v) is 3.00. The number of carbonyl (C=O) groups excluding carboxylic acids is 3. The summed E-state index contributed by atoms with van der Waals surface area (Å²) in [6.45, 7) is -0.506. The monoisotopic (exact) mass is 413 g/mol. The summed E-state index contributed by atoms with van der Waals surface area (Å²) in [4.78, 5) is 37.7. The third-order valence-corrected chi connectivity index (χ3v) is 4.44. The molecule has 1 saturated heterocycles. The number of hydrogen-bond donors (Lipinski definition) is 2. The van der Waals surface area contributed by atoms with E-state index >= 15 is 0 Å². The maximum Gasteiger partial charge on any atom is 0.329 e. The van der Waals surface area contributed by atoms with Crippen LogP contribution in [-0.4, -0.2) is 43.2 Å². The number of amides is 4. The van der Waals surface area contributed by atoms with E-state index in [0.717, 1.165) is 4.90 Å². The zero-order chi connectivity index (χ0) is 21.3. The smallest absolute Gasteiger partial charge is 0.329 e. The van der Waals surface area contributed by atoms with E-state index in [4.69, 9.17) is 14.2 Å². The van der Waals surface area contributed by atoms with Crippen LogP contribution in [0.4, 0.5) is 14.9 Å². The van der Waals surface area contributed by atoms with E-state index in [-0.39, 0.29) is 18.2 Å². The minimum atomic E-state index is -0.769. The Morgan fingerprint density at radius 2 is 2.00 bits per heavy atom. The number of para-hydroxylation sites is 1. The van der Waals surface area contributed by atoms with E-state index in [1.54, 1.807) is 18.2 Å². The van der Waals surface area contributed by atoms with Crippen LogP contribution in [0.25, 0.3) is 6.08 Å². The van der Waals surface area contributed by atoms with Crippen molar-refractivity contribution in [1.82, 2.24) is 10.2 Å². The summed E-state index contributed by atoms with van der Waals surface area (Å²) < 4.78 is 29.6. The van der Waals surface area contributed by atoms with Crippen molar-refractivity contribution < 1.29 is 33.0 Å². The molecule has 2 aromatic rings. The number of imide groups is 1. The average Bonchev–Trinajstić information content (AvgIpc) is 3.28. The van der Waals surface area contributed by atoms with Crippen LogP contribution in [0.2, 0.25) is 0 Å². The van der Waals surface area contributed by atoms with Gasteiger partial charge in [-0.3, -0.25) is 9.59 Å². The molecule has 2 aliphatic heterocycles. The molecule has 0 radical (unpaired) electrons. The molecule has 0 bridgehead atoms. The van der Waals surface area contributed by atoms with Gasteiger partial charge in [0.2, 0.25) is 12.7 Å². The molecule has 10 heteroatoms. The second-order valence-corrected chi connectivity index (χ2v) is 6.35. The number of hydrogen-bond acceptors (Lipinski definition) is 6. The van der Waals surface area contributed by atoms with Crippen LogP contribution >= 0.6 is 0 Å². The summed E-state index contributed by atoms with van der Waals surface area (Å²) in [6, 6.07) is 8.03. The Balaban J connectivity index is 1.52. The van der Waals surface area contributed by atoms with E-state index < -0.39 is 30.2 Å². The van der Waals surface area contributed by atoms with Crippen molar-refractivity contribution >= 4 is 29.6 Å². The maximum atomic E-state index is 13.7. The van der Waals surface area contributed by atoms with Crippen molar-refractivity contribution in [3.63, 3.8) is 0 Å². The van der Waals surface area contributed by atoms with Crippen LogP contribution in [-0.2, 0) is 9.59 Å². The highest BCUT2D eigenvalue weighted by atomic mass is 19.1. The van der Waals surface area contributed by atoms with Gasteiger partial charge in [-0.15, -0.1) is 0 Å². The van der Waals surface area contributed by atoms with Gasteiger partial charge in [0.05, 0.1) is 12.8 Å². The van der Waals surface area contributed by atoms with Crippen LogP contribution in [0.5, 0.6) is 17.2 Å². The molecule has 1 fully saturated rings. The first kappa shape index (κ1) is 19.2. The molecule has 0 unspecified atom stereocenters. The number of benzene rings is 2. The summed E-state index contributed by atoms with van der Waals surface area (Å²) in [5.41, 5.74) is 0.384. The molecule has 154 valence electrons. The summed E-state index contributed by atoms with van der Waals surface area (Å²) in [5, 5.41) is 4.75. The normalized spacial score (nSPS) is 16.1. The molecule has 4 rings (SSSR count). The molecular formula is C20H16FN3O6. The molecule has 2 aromatic carbocycles. The molecule has 30 heavy (non-hydrogen) atoms. The van der Waals surface area contributed by atoms with Crippen molar-refractivity contribution in [2.45, 2.75) is 0 Å². The minimum Gasteiger partial charge on any atom is -0.496 e. The Morgan fingerprint density at radius 3 is 2.73 bits per heavy atom. The first-order valence-corrected chi connectivity index (χ1v) is 8.83. The molecule has 9 nitrogen and oxygen atoms in total. The molecular weight excluding hydrogens is 397 g/mol. The number of ether oxygens (including phenoxy) is 3. The fourth-order valence-electron chi connectivity index (χ4n) is 3.00. The third kappa shape index (κ3) is 3.62.